The van der Waals surface area contributed by atoms with E-state index in [4.69, 9.17) is 0 Å². The van der Waals surface area contributed by atoms with Gasteiger partial charge in [0.25, 0.3) is 0 Å². The number of hydrogen-bond donors (Lipinski definition) is 1. The summed E-state index contributed by atoms with van der Waals surface area (Å²) in [5.74, 6) is 0.568. The Labute approximate surface area is 136 Å². The van der Waals surface area contributed by atoms with Crippen molar-refractivity contribution in [3.05, 3.63) is 29.6 Å². The van der Waals surface area contributed by atoms with E-state index in [9.17, 15) is 8.42 Å². The molecular formula is C15H21N3O2S2. The zero-order valence-corrected chi connectivity index (χ0v) is 14.8. The lowest BCUT2D eigenvalue weighted by atomic mass is 10.1. The molecule has 0 spiro atoms. The third kappa shape index (κ3) is 4.20. The van der Waals surface area contributed by atoms with Crippen LogP contribution in [0.5, 0.6) is 0 Å². The normalized spacial score (nSPS) is 11.7. The van der Waals surface area contributed by atoms with Gasteiger partial charge in [0.1, 0.15) is 0 Å². The van der Waals surface area contributed by atoms with Gasteiger partial charge in [-0.15, -0.1) is 11.3 Å². The van der Waals surface area contributed by atoms with Crippen LogP contribution in [0.3, 0.4) is 0 Å². The summed E-state index contributed by atoms with van der Waals surface area (Å²) >= 11 is 1.57. The predicted molar refractivity (Wildman–Crippen MR) is 94.1 cm³/mol. The highest BCUT2D eigenvalue weighted by Crippen LogP contribution is 2.27. The second-order valence-corrected chi connectivity index (χ2v) is 8.46. The van der Waals surface area contributed by atoms with E-state index in [1.807, 2.05) is 17.5 Å². The van der Waals surface area contributed by atoms with Crippen molar-refractivity contribution in [2.24, 2.45) is 5.92 Å². The molecule has 22 heavy (non-hydrogen) atoms. The summed E-state index contributed by atoms with van der Waals surface area (Å²) < 4.78 is 24.3. The first-order valence-electron chi connectivity index (χ1n) is 7.01. The topological polar surface area (TPSA) is 62.3 Å². The maximum absolute atomic E-state index is 11.5. The summed E-state index contributed by atoms with van der Waals surface area (Å²) in [6.07, 6.45) is 1.19. The number of hydrogen-bond acceptors (Lipinski definition) is 5. The van der Waals surface area contributed by atoms with Crippen molar-refractivity contribution in [1.29, 1.82) is 0 Å². The fourth-order valence-corrected chi connectivity index (χ4v) is 3.05. The fourth-order valence-electron chi connectivity index (χ4n) is 1.81. The molecule has 1 heterocycles. The maximum Gasteiger partial charge on any atom is 0.231 e. The lowest BCUT2D eigenvalue weighted by molar-refractivity contribution is 0.600. The molecule has 0 aliphatic rings. The minimum absolute atomic E-state index is 0.568. The quantitative estimate of drug-likeness (QED) is 0.877. The molecule has 0 aliphatic carbocycles. The van der Waals surface area contributed by atoms with E-state index < -0.39 is 10.0 Å². The average Bonchev–Trinajstić information content (AvgIpc) is 2.92. The molecular weight excluding hydrogens is 318 g/mol. The zero-order chi connectivity index (χ0) is 16.3. The van der Waals surface area contributed by atoms with E-state index >= 15 is 0 Å². The lowest BCUT2D eigenvalue weighted by Crippen LogP contribution is -2.24. The fraction of sp³-hybridized carbons (Fsp3) is 0.400. The molecule has 1 aromatic heterocycles. The Balaban J connectivity index is 2.14. The van der Waals surface area contributed by atoms with Crippen molar-refractivity contribution < 1.29 is 8.42 Å². The molecule has 0 saturated carbocycles. The SMILES string of the molecule is CC(C)CNc1nc(-c2ccc(N(C)S(C)(=O)=O)cc2)cs1. The molecule has 0 fully saturated rings. The molecule has 0 unspecified atom stereocenters. The first-order valence-corrected chi connectivity index (χ1v) is 9.74. The average molecular weight is 339 g/mol. The van der Waals surface area contributed by atoms with Gasteiger partial charge < -0.3 is 5.32 Å². The van der Waals surface area contributed by atoms with E-state index in [0.717, 1.165) is 22.9 Å². The molecule has 7 heteroatoms. The van der Waals surface area contributed by atoms with Gasteiger partial charge in [0, 0.05) is 24.5 Å². The van der Waals surface area contributed by atoms with E-state index in [1.165, 1.54) is 10.6 Å². The van der Waals surface area contributed by atoms with E-state index in [-0.39, 0.29) is 0 Å². The summed E-state index contributed by atoms with van der Waals surface area (Å²) in [4.78, 5) is 4.55. The van der Waals surface area contributed by atoms with Gasteiger partial charge in [-0.2, -0.15) is 0 Å². The minimum atomic E-state index is -3.24. The van der Waals surface area contributed by atoms with Crippen LogP contribution in [-0.4, -0.2) is 33.2 Å². The van der Waals surface area contributed by atoms with Crippen molar-refractivity contribution in [2.75, 3.05) is 29.5 Å². The highest BCUT2D eigenvalue weighted by atomic mass is 32.2. The number of thiazole rings is 1. The van der Waals surface area contributed by atoms with Gasteiger partial charge in [-0.05, 0) is 18.1 Å². The smallest absolute Gasteiger partial charge is 0.231 e. The molecule has 0 amide bonds. The number of aromatic nitrogens is 1. The lowest BCUT2D eigenvalue weighted by Gasteiger charge is -2.16. The second-order valence-electron chi connectivity index (χ2n) is 5.59. The van der Waals surface area contributed by atoms with Gasteiger partial charge in [-0.25, -0.2) is 13.4 Å². The first-order chi connectivity index (χ1) is 10.3. The van der Waals surface area contributed by atoms with Crippen LogP contribution in [0, 0.1) is 5.92 Å². The van der Waals surface area contributed by atoms with Crippen molar-refractivity contribution >= 4 is 32.2 Å². The van der Waals surface area contributed by atoms with Gasteiger partial charge in [-0.1, -0.05) is 26.0 Å². The molecule has 0 saturated heterocycles. The third-order valence-corrected chi connectivity index (χ3v) is 5.20. The molecule has 1 N–H and O–H groups in total. The molecule has 0 aliphatic heterocycles. The van der Waals surface area contributed by atoms with Gasteiger partial charge in [0.2, 0.25) is 10.0 Å². The Bertz CT molecular complexity index is 722. The van der Waals surface area contributed by atoms with Crippen molar-refractivity contribution in [3.63, 3.8) is 0 Å². The highest BCUT2D eigenvalue weighted by Gasteiger charge is 2.12. The standard InChI is InChI=1S/C15H21N3O2S2/c1-11(2)9-16-15-17-14(10-21-15)12-5-7-13(8-6-12)18(3)22(4,19)20/h5-8,10-11H,9H2,1-4H3,(H,16,17). The number of rotatable bonds is 6. The van der Waals surface area contributed by atoms with Gasteiger partial charge >= 0.3 is 0 Å². The van der Waals surface area contributed by atoms with Crippen molar-refractivity contribution in [1.82, 2.24) is 4.98 Å². The number of nitrogens with zero attached hydrogens (tertiary/aromatic N) is 2. The maximum atomic E-state index is 11.5. The number of anilines is 2. The Morgan fingerprint density at radius 1 is 1.27 bits per heavy atom. The van der Waals surface area contributed by atoms with E-state index in [0.29, 0.717) is 11.6 Å². The second kappa shape index (κ2) is 6.66. The molecule has 0 atom stereocenters. The Morgan fingerprint density at radius 2 is 1.91 bits per heavy atom. The van der Waals surface area contributed by atoms with Crippen LogP contribution in [0.4, 0.5) is 10.8 Å². The van der Waals surface area contributed by atoms with Gasteiger partial charge in [-0.3, -0.25) is 4.31 Å². The predicted octanol–water partition coefficient (Wildman–Crippen LogP) is 3.27. The summed E-state index contributed by atoms with van der Waals surface area (Å²) in [5.41, 5.74) is 2.50. The molecule has 0 bridgehead atoms. The first kappa shape index (κ1) is 16.8. The van der Waals surface area contributed by atoms with Crippen LogP contribution >= 0.6 is 11.3 Å². The highest BCUT2D eigenvalue weighted by molar-refractivity contribution is 7.92. The summed E-state index contributed by atoms with van der Waals surface area (Å²) in [6, 6.07) is 7.35. The monoisotopic (exact) mass is 339 g/mol. The number of sulfonamides is 1. The van der Waals surface area contributed by atoms with Crippen LogP contribution in [0.2, 0.25) is 0 Å². The van der Waals surface area contributed by atoms with Crippen LogP contribution < -0.4 is 9.62 Å². The van der Waals surface area contributed by atoms with Crippen LogP contribution in [-0.2, 0) is 10.0 Å². The Kier molecular flexibility index (Phi) is 5.08. The number of nitrogens with one attached hydrogen (secondary N) is 1. The molecule has 1 aromatic carbocycles. The Morgan fingerprint density at radius 3 is 2.45 bits per heavy atom. The molecule has 0 radical (unpaired) electrons. The van der Waals surface area contributed by atoms with Crippen LogP contribution in [0.1, 0.15) is 13.8 Å². The number of benzene rings is 1. The van der Waals surface area contributed by atoms with E-state index in [1.54, 1.807) is 30.5 Å². The largest absolute Gasteiger partial charge is 0.361 e. The molecule has 120 valence electrons. The van der Waals surface area contributed by atoms with Crippen LogP contribution in [0.25, 0.3) is 11.3 Å². The summed E-state index contributed by atoms with van der Waals surface area (Å²) in [7, 11) is -1.69. The van der Waals surface area contributed by atoms with Gasteiger partial charge in [0.15, 0.2) is 5.13 Å². The molecule has 2 rings (SSSR count). The van der Waals surface area contributed by atoms with Crippen molar-refractivity contribution in [3.8, 4) is 11.3 Å². The molecule has 5 nitrogen and oxygen atoms in total. The summed E-state index contributed by atoms with van der Waals surface area (Å²) in [5, 5.41) is 6.21. The minimum Gasteiger partial charge on any atom is -0.361 e. The molecule has 2 aromatic rings. The summed E-state index contributed by atoms with van der Waals surface area (Å²) in [6.45, 7) is 5.20. The zero-order valence-electron chi connectivity index (χ0n) is 13.2. The van der Waals surface area contributed by atoms with E-state index in [2.05, 4.69) is 24.1 Å². The van der Waals surface area contributed by atoms with Gasteiger partial charge in [0.05, 0.1) is 17.6 Å². The Hall–Kier alpha value is -1.60. The third-order valence-electron chi connectivity index (χ3n) is 3.19. The van der Waals surface area contributed by atoms with Crippen molar-refractivity contribution in [2.45, 2.75) is 13.8 Å². The van der Waals surface area contributed by atoms with Crippen LogP contribution in [0.15, 0.2) is 29.6 Å².